The van der Waals surface area contributed by atoms with Crippen LogP contribution < -0.4 is 0 Å². The zero-order valence-electron chi connectivity index (χ0n) is 26.5. The number of carbonyl (C=O) groups excluding carboxylic acids is 4. The zero-order chi connectivity index (χ0) is 32.7. The van der Waals surface area contributed by atoms with Gasteiger partial charge in [0.25, 0.3) is 0 Å². The average Bonchev–Trinajstić information content (AvgIpc) is 2.97. The van der Waals surface area contributed by atoms with Crippen LogP contribution in [0.4, 0.5) is 0 Å². The van der Waals surface area contributed by atoms with E-state index in [-0.39, 0.29) is 65.7 Å². The summed E-state index contributed by atoms with van der Waals surface area (Å²) in [5, 5.41) is 0. The number of esters is 4. The highest BCUT2D eigenvalue weighted by molar-refractivity contribution is 5.88. The molecule has 6 rings (SSSR count). The molecule has 0 aromatic carbocycles. The molecule has 13 nitrogen and oxygen atoms in total. The van der Waals surface area contributed by atoms with Crippen LogP contribution in [0.15, 0.2) is 41.9 Å². The van der Waals surface area contributed by atoms with E-state index in [0.29, 0.717) is 22.9 Å². The second-order valence-corrected chi connectivity index (χ2v) is 13.3. The first-order valence-electron chi connectivity index (χ1n) is 15.5. The predicted molar refractivity (Wildman–Crippen MR) is 155 cm³/mol. The van der Waals surface area contributed by atoms with Crippen molar-refractivity contribution in [3.63, 3.8) is 0 Å². The van der Waals surface area contributed by atoms with Crippen molar-refractivity contribution in [3.8, 4) is 0 Å². The number of nitrogens with zero attached hydrogens (tertiary/aromatic N) is 1. The summed E-state index contributed by atoms with van der Waals surface area (Å²) in [5.41, 5.74) is -2.68. The molecule has 13 heteroatoms. The van der Waals surface area contributed by atoms with Gasteiger partial charge < -0.3 is 37.9 Å². The van der Waals surface area contributed by atoms with Gasteiger partial charge in [0.2, 0.25) is 0 Å². The highest BCUT2D eigenvalue weighted by Crippen LogP contribution is 2.62. The Morgan fingerprint density at radius 2 is 1.02 bits per heavy atom. The molecule has 2 saturated carbocycles. The summed E-state index contributed by atoms with van der Waals surface area (Å²) < 4.78 is 45.6. The van der Waals surface area contributed by atoms with Crippen molar-refractivity contribution in [2.75, 3.05) is 39.6 Å². The predicted octanol–water partition coefficient (Wildman–Crippen LogP) is 2.70. The standard InChI is InChI=1S/C33H39NO12/c1-30-18-32(3)26(30)22(14-24(35)45-32)43-16-20-6-5-7-21(34-20)17-44-23-15-25(36)46-33(4)19-31(2,27(23)33)29(38)42-13-11-40-9-8-39-10-12-41-28(30)37/h5-7,14-15,26-27H,8-13,16-19H2,1-4H3. The quantitative estimate of drug-likeness (QED) is 0.301. The molecule has 0 amide bonds. The lowest BCUT2D eigenvalue weighted by Gasteiger charge is -2.58. The van der Waals surface area contributed by atoms with Crippen molar-refractivity contribution in [1.29, 1.82) is 0 Å². The number of cyclic esters (lactones) is 2. The van der Waals surface area contributed by atoms with E-state index >= 15 is 0 Å². The van der Waals surface area contributed by atoms with Gasteiger partial charge in [-0.2, -0.15) is 0 Å². The fraction of sp³-hybridized carbons (Fsp3) is 0.606. The molecule has 6 atom stereocenters. The van der Waals surface area contributed by atoms with Crippen molar-refractivity contribution in [2.45, 2.75) is 65.0 Å². The van der Waals surface area contributed by atoms with E-state index in [4.69, 9.17) is 37.9 Å². The molecule has 2 bridgehead atoms. The third kappa shape index (κ3) is 5.74. The highest BCUT2D eigenvalue weighted by atomic mass is 16.6. The largest absolute Gasteiger partial charge is 0.491 e. The van der Waals surface area contributed by atoms with Crippen molar-refractivity contribution < 1.29 is 57.1 Å². The van der Waals surface area contributed by atoms with E-state index in [0.717, 1.165) is 0 Å². The molecule has 1 aromatic heterocycles. The Bertz CT molecular complexity index is 1380. The Hall–Kier alpha value is -3.97. The van der Waals surface area contributed by atoms with Gasteiger partial charge >= 0.3 is 23.9 Å². The van der Waals surface area contributed by atoms with E-state index in [1.807, 2.05) is 0 Å². The number of rotatable bonds is 0. The normalized spacial score (nSPS) is 37.0. The van der Waals surface area contributed by atoms with Gasteiger partial charge in [-0.15, -0.1) is 0 Å². The third-order valence-corrected chi connectivity index (χ3v) is 9.55. The summed E-state index contributed by atoms with van der Waals surface area (Å²) >= 11 is 0. The van der Waals surface area contributed by atoms with Crippen molar-refractivity contribution >= 4 is 23.9 Å². The number of fused-ring (bicyclic) bond motifs is 2. The molecule has 2 aliphatic carbocycles. The SMILES string of the molecule is CC12CC3(C)C(=O)OCCOCCOCCOC(=O)C4(C)CC5(C)OC(=O)C=C(OCc6cccc(n6)COC(=CC(=O)O1)C23)C54. The number of carbonyl (C=O) groups is 4. The lowest BCUT2D eigenvalue weighted by Crippen LogP contribution is -2.66. The maximum Gasteiger partial charge on any atom is 0.334 e. The van der Waals surface area contributed by atoms with Gasteiger partial charge in [0, 0.05) is 12.8 Å². The molecule has 248 valence electrons. The fourth-order valence-corrected chi connectivity index (χ4v) is 7.96. The Balaban J connectivity index is 1.22. The molecule has 0 saturated heterocycles. The minimum atomic E-state index is -0.976. The molecule has 0 spiro atoms. The Labute approximate surface area is 266 Å². The van der Waals surface area contributed by atoms with Crippen LogP contribution in [-0.2, 0) is 70.3 Å². The number of ether oxygens (including phenoxy) is 8. The molecule has 0 N–H and O–H groups in total. The highest BCUT2D eigenvalue weighted by Gasteiger charge is 2.70. The molecular formula is C33H39NO12. The number of hydrogen-bond donors (Lipinski definition) is 0. The van der Waals surface area contributed by atoms with Gasteiger partial charge in [0.1, 0.15) is 49.1 Å². The minimum absolute atomic E-state index is 0.0141. The van der Waals surface area contributed by atoms with Crippen LogP contribution in [-0.4, -0.2) is 79.7 Å². The average molecular weight is 642 g/mol. The Morgan fingerprint density at radius 3 is 1.46 bits per heavy atom. The van der Waals surface area contributed by atoms with E-state index < -0.39 is 57.7 Å². The van der Waals surface area contributed by atoms with Crippen LogP contribution in [0.3, 0.4) is 0 Å². The molecular weight excluding hydrogens is 602 g/mol. The molecule has 5 aliphatic rings. The van der Waals surface area contributed by atoms with E-state index in [9.17, 15) is 19.2 Å². The smallest absolute Gasteiger partial charge is 0.334 e. The summed E-state index contributed by atoms with van der Waals surface area (Å²) in [7, 11) is 0. The van der Waals surface area contributed by atoms with E-state index in [1.165, 1.54) is 12.2 Å². The first kappa shape index (κ1) is 32.0. The lowest BCUT2D eigenvalue weighted by atomic mass is 9.51. The lowest BCUT2D eigenvalue weighted by molar-refractivity contribution is -0.226. The molecule has 6 unspecified atom stereocenters. The van der Waals surface area contributed by atoms with Crippen LogP contribution in [0.1, 0.15) is 51.9 Å². The van der Waals surface area contributed by atoms with Crippen LogP contribution in [0.2, 0.25) is 0 Å². The van der Waals surface area contributed by atoms with Gasteiger partial charge in [0.15, 0.2) is 0 Å². The summed E-state index contributed by atoms with van der Waals surface area (Å²) in [6.45, 7) is 8.06. The second-order valence-electron chi connectivity index (χ2n) is 13.3. The zero-order valence-corrected chi connectivity index (χ0v) is 26.5. The molecule has 3 aliphatic heterocycles. The molecule has 4 heterocycles. The summed E-state index contributed by atoms with van der Waals surface area (Å²) in [6, 6.07) is 5.32. The summed E-state index contributed by atoms with van der Waals surface area (Å²) in [6.07, 6.45) is 3.10. The summed E-state index contributed by atoms with van der Waals surface area (Å²) in [4.78, 5) is 56.0. The van der Waals surface area contributed by atoms with Crippen molar-refractivity contribution in [3.05, 3.63) is 53.3 Å². The maximum absolute atomic E-state index is 13.2. The minimum Gasteiger partial charge on any atom is -0.491 e. The third-order valence-electron chi connectivity index (χ3n) is 9.55. The van der Waals surface area contributed by atoms with Gasteiger partial charge in [-0.1, -0.05) is 6.07 Å². The van der Waals surface area contributed by atoms with Gasteiger partial charge in [0.05, 0.1) is 72.6 Å². The topological polar surface area (TPSA) is 155 Å². The number of aromatic nitrogens is 1. The maximum atomic E-state index is 13.2. The van der Waals surface area contributed by atoms with Gasteiger partial charge in [-0.25, -0.2) is 9.59 Å². The van der Waals surface area contributed by atoms with Gasteiger partial charge in [-0.3, -0.25) is 14.6 Å². The fourth-order valence-electron chi connectivity index (χ4n) is 7.96. The van der Waals surface area contributed by atoms with Crippen LogP contribution in [0.25, 0.3) is 0 Å². The van der Waals surface area contributed by atoms with E-state index in [1.54, 1.807) is 45.9 Å². The number of hydrogen-bond acceptors (Lipinski definition) is 13. The molecule has 1 aromatic rings. The second kappa shape index (κ2) is 12.0. The summed E-state index contributed by atoms with van der Waals surface area (Å²) in [5.74, 6) is -2.41. The van der Waals surface area contributed by atoms with E-state index in [2.05, 4.69) is 4.98 Å². The number of pyridine rings is 1. The van der Waals surface area contributed by atoms with Crippen molar-refractivity contribution in [1.82, 2.24) is 4.98 Å². The first-order valence-corrected chi connectivity index (χ1v) is 15.5. The van der Waals surface area contributed by atoms with Gasteiger partial charge in [-0.05, 0) is 39.8 Å². The molecule has 2 fully saturated rings. The molecule has 46 heavy (non-hydrogen) atoms. The first-order chi connectivity index (χ1) is 21.9. The monoisotopic (exact) mass is 641 g/mol. The molecule has 0 radical (unpaired) electrons. The Morgan fingerprint density at radius 1 is 0.609 bits per heavy atom. The van der Waals surface area contributed by atoms with Crippen LogP contribution in [0, 0.1) is 22.7 Å². The Kier molecular flexibility index (Phi) is 8.34. The van der Waals surface area contributed by atoms with Crippen LogP contribution >= 0.6 is 0 Å². The van der Waals surface area contributed by atoms with Crippen molar-refractivity contribution in [2.24, 2.45) is 22.7 Å². The van der Waals surface area contributed by atoms with Crippen LogP contribution in [0.5, 0.6) is 0 Å².